The fourth-order valence-corrected chi connectivity index (χ4v) is 1.63. The van der Waals surface area contributed by atoms with Crippen molar-refractivity contribution in [2.45, 2.75) is 13.3 Å². The Hall–Kier alpha value is -2.04. The minimum atomic E-state index is -0.455. The number of Topliss-reactive ketones (excluding diaryl/α,β-unsaturated/α-hetero) is 1. The van der Waals surface area contributed by atoms with Crippen molar-refractivity contribution < 1.29 is 9.21 Å². The van der Waals surface area contributed by atoms with Gasteiger partial charge in [0.1, 0.15) is 5.78 Å². The van der Waals surface area contributed by atoms with E-state index in [0.29, 0.717) is 24.1 Å². The third-order valence-electron chi connectivity index (χ3n) is 2.64. The first-order valence-electron chi connectivity index (χ1n) is 5.40. The number of aromatic nitrogens is 1. The van der Waals surface area contributed by atoms with E-state index in [1.165, 1.54) is 0 Å². The number of nitrogens with one attached hydrogen (secondary N) is 1. The number of benzene rings is 1. The quantitative estimate of drug-likeness (QED) is 0.871. The van der Waals surface area contributed by atoms with E-state index in [0.717, 1.165) is 5.69 Å². The van der Waals surface area contributed by atoms with Gasteiger partial charge in [-0.2, -0.15) is 0 Å². The molecule has 2 aromatic rings. The Balaban J connectivity index is 2.23. The van der Waals surface area contributed by atoms with E-state index in [2.05, 4.69) is 4.98 Å². The Morgan fingerprint density at radius 2 is 2.24 bits per heavy atom. The van der Waals surface area contributed by atoms with Gasteiger partial charge >= 0.3 is 5.76 Å². The fraction of sp³-hybridized carbons (Fsp3) is 0.333. The number of H-pyrrole nitrogens is 1. The van der Waals surface area contributed by atoms with Crippen molar-refractivity contribution in [2.24, 2.45) is 0 Å². The molecule has 90 valence electrons. The fourth-order valence-electron chi connectivity index (χ4n) is 1.63. The Morgan fingerprint density at radius 1 is 1.47 bits per heavy atom. The zero-order chi connectivity index (χ0) is 12.4. The number of hydrogen-bond donors (Lipinski definition) is 1. The SMILES string of the molecule is CC(=O)CCN(C)c1ccc2[nH]c(=O)oc2c1. The number of ketones is 1. The van der Waals surface area contributed by atoms with Gasteiger partial charge in [-0.3, -0.25) is 9.78 Å². The van der Waals surface area contributed by atoms with Crippen LogP contribution in [0, 0.1) is 0 Å². The molecule has 17 heavy (non-hydrogen) atoms. The Bertz CT molecular complexity index is 597. The van der Waals surface area contributed by atoms with E-state index in [9.17, 15) is 9.59 Å². The number of carbonyl (C=O) groups is 1. The van der Waals surface area contributed by atoms with Gasteiger partial charge in [-0.1, -0.05) is 0 Å². The van der Waals surface area contributed by atoms with Crippen molar-refractivity contribution in [1.82, 2.24) is 4.98 Å². The monoisotopic (exact) mass is 234 g/mol. The minimum absolute atomic E-state index is 0.158. The zero-order valence-corrected chi connectivity index (χ0v) is 9.82. The highest BCUT2D eigenvalue weighted by molar-refractivity contribution is 5.78. The van der Waals surface area contributed by atoms with Crippen LogP contribution in [-0.2, 0) is 4.79 Å². The van der Waals surface area contributed by atoms with Crippen LogP contribution in [0.1, 0.15) is 13.3 Å². The molecule has 0 aliphatic rings. The van der Waals surface area contributed by atoms with Crippen LogP contribution in [0.2, 0.25) is 0 Å². The molecule has 0 saturated carbocycles. The van der Waals surface area contributed by atoms with Crippen LogP contribution >= 0.6 is 0 Å². The predicted octanol–water partition coefficient (Wildman–Crippen LogP) is 1.54. The van der Waals surface area contributed by atoms with E-state index in [1.54, 1.807) is 19.1 Å². The van der Waals surface area contributed by atoms with Crippen LogP contribution in [0.3, 0.4) is 0 Å². The second kappa shape index (κ2) is 4.45. The number of aromatic amines is 1. The average Bonchev–Trinajstić information content (AvgIpc) is 2.64. The van der Waals surface area contributed by atoms with Crippen LogP contribution in [0.25, 0.3) is 11.1 Å². The molecule has 0 aliphatic carbocycles. The second-order valence-corrected chi connectivity index (χ2v) is 4.07. The normalized spacial score (nSPS) is 10.7. The lowest BCUT2D eigenvalue weighted by Crippen LogP contribution is -2.20. The molecule has 2 rings (SSSR count). The van der Waals surface area contributed by atoms with E-state index in [1.807, 2.05) is 18.0 Å². The van der Waals surface area contributed by atoms with Gasteiger partial charge in [-0.15, -0.1) is 0 Å². The highest BCUT2D eigenvalue weighted by Gasteiger charge is 2.06. The van der Waals surface area contributed by atoms with Crippen molar-refractivity contribution in [3.63, 3.8) is 0 Å². The summed E-state index contributed by atoms with van der Waals surface area (Å²) in [6, 6.07) is 5.46. The van der Waals surface area contributed by atoms with Crippen LogP contribution < -0.4 is 10.7 Å². The summed E-state index contributed by atoms with van der Waals surface area (Å²) in [5, 5.41) is 0. The van der Waals surface area contributed by atoms with Gasteiger partial charge in [0.15, 0.2) is 5.58 Å². The molecule has 0 amide bonds. The predicted molar refractivity (Wildman–Crippen MR) is 65.4 cm³/mol. The number of oxazole rings is 1. The first-order chi connectivity index (χ1) is 8.06. The summed E-state index contributed by atoms with van der Waals surface area (Å²) in [6.45, 7) is 2.22. The molecule has 1 N–H and O–H groups in total. The molecule has 0 saturated heterocycles. The van der Waals surface area contributed by atoms with Gasteiger partial charge in [-0.25, -0.2) is 4.79 Å². The van der Waals surface area contributed by atoms with Crippen LogP contribution in [0.4, 0.5) is 5.69 Å². The summed E-state index contributed by atoms with van der Waals surface area (Å²) >= 11 is 0. The van der Waals surface area contributed by atoms with Gasteiger partial charge in [0.25, 0.3) is 0 Å². The molecule has 1 heterocycles. The van der Waals surface area contributed by atoms with E-state index in [4.69, 9.17) is 4.42 Å². The molecule has 0 aliphatic heterocycles. The van der Waals surface area contributed by atoms with Crippen LogP contribution in [0.5, 0.6) is 0 Å². The van der Waals surface area contributed by atoms with Crippen molar-refractivity contribution in [3.05, 3.63) is 28.7 Å². The summed E-state index contributed by atoms with van der Waals surface area (Å²) in [5.74, 6) is -0.297. The Morgan fingerprint density at radius 3 is 2.94 bits per heavy atom. The molecule has 0 bridgehead atoms. The van der Waals surface area contributed by atoms with Crippen molar-refractivity contribution in [1.29, 1.82) is 0 Å². The number of anilines is 1. The van der Waals surface area contributed by atoms with Gasteiger partial charge < -0.3 is 9.32 Å². The average molecular weight is 234 g/mol. The molecular formula is C12H14N2O3. The van der Waals surface area contributed by atoms with Crippen molar-refractivity contribution >= 4 is 22.6 Å². The van der Waals surface area contributed by atoms with Crippen LogP contribution in [0.15, 0.2) is 27.4 Å². The van der Waals surface area contributed by atoms with Crippen molar-refractivity contribution in [2.75, 3.05) is 18.5 Å². The number of hydrogen-bond acceptors (Lipinski definition) is 4. The largest absolute Gasteiger partial charge is 0.417 e. The molecule has 0 fully saturated rings. The minimum Gasteiger partial charge on any atom is -0.408 e. The van der Waals surface area contributed by atoms with E-state index in [-0.39, 0.29) is 5.78 Å². The highest BCUT2D eigenvalue weighted by Crippen LogP contribution is 2.19. The summed E-state index contributed by atoms with van der Waals surface area (Å²) in [6.07, 6.45) is 0.506. The van der Waals surface area contributed by atoms with Gasteiger partial charge in [-0.05, 0) is 19.1 Å². The first kappa shape index (κ1) is 11.4. The second-order valence-electron chi connectivity index (χ2n) is 4.07. The molecule has 0 spiro atoms. The Labute approximate surface area is 98.0 Å². The lowest BCUT2D eigenvalue weighted by Gasteiger charge is -2.18. The molecular weight excluding hydrogens is 220 g/mol. The summed E-state index contributed by atoms with van der Waals surface area (Å²) < 4.78 is 4.98. The molecule has 5 heteroatoms. The zero-order valence-electron chi connectivity index (χ0n) is 9.82. The van der Waals surface area contributed by atoms with Gasteiger partial charge in [0, 0.05) is 31.8 Å². The summed E-state index contributed by atoms with van der Waals surface area (Å²) in [7, 11) is 1.90. The number of nitrogens with zero attached hydrogens (tertiary/aromatic N) is 1. The molecule has 1 aromatic carbocycles. The first-order valence-corrected chi connectivity index (χ1v) is 5.40. The van der Waals surface area contributed by atoms with E-state index < -0.39 is 5.76 Å². The highest BCUT2D eigenvalue weighted by atomic mass is 16.4. The molecule has 5 nitrogen and oxygen atoms in total. The standard InChI is InChI=1S/C12H14N2O3/c1-8(15)5-6-14(2)9-3-4-10-11(7-9)17-12(16)13-10/h3-4,7H,5-6H2,1-2H3,(H,13,16). The lowest BCUT2D eigenvalue weighted by molar-refractivity contribution is -0.116. The number of fused-ring (bicyclic) bond motifs is 1. The molecule has 0 atom stereocenters. The number of rotatable bonds is 4. The molecule has 0 radical (unpaired) electrons. The van der Waals surface area contributed by atoms with E-state index >= 15 is 0 Å². The summed E-state index contributed by atoms with van der Waals surface area (Å²) in [5.41, 5.74) is 2.13. The topological polar surface area (TPSA) is 66.3 Å². The van der Waals surface area contributed by atoms with Gasteiger partial charge in [0.2, 0.25) is 0 Å². The smallest absolute Gasteiger partial charge is 0.408 e. The Kier molecular flexibility index (Phi) is 2.99. The molecule has 1 aromatic heterocycles. The summed E-state index contributed by atoms with van der Waals surface area (Å²) in [4.78, 5) is 26.4. The maximum absolute atomic E-state index is 11.0. The van der Waals surface area contributed by atoms with Crippen LogP contribution in [-0.4, -0.2) is 24.4 Å². The maximum atomic E-state index is 11.0. The molecule has 0 unspecified atom stereocenters. The number of carbonyl (C=O) groups excluding carboxylic acids is 1. The van der Waals surface area contributed by atoms with Crippen molar-refractivity contribution in [3.8, 4) is 0 Å². The third kappa shape index (κ3) is 2.55. The lowest BCUT2D eigenvalue weighted by atomic mass is 10.2. The third-order valence-corrected chi connectivity index (χ3v) is 2.64. The van der Waals surface area contributed by atoms with Gasteiger partial charge in [0.05, 0.1) is 5.52 Å². The maximum Gasteiger partial charge on any atom is 0.417 e.